The lowest BCUT2D eigenvalue weighted by Crippen LogP contribution is -2.46. The van der Waals surface area contributed by atoms with Crippen LogP contribution in [0.3, 0.4) is 0 Å². The van der Waals surface area contributed by atoms with Gasteiger partial charge in [-0.25, -0.2) is 0 Å². The Morgan fingerprint density at radius 2 is 1.85 bits per heavy atom. The lowest BCUT2D eigenvalue weighted by Gasteiger charge is -2.27. The molecule has 2 aliphatic rings. The van der Waals surface area contributed by atoms with Crippen LogP contribution < -0.4 is 10.4 Å². The zero-order valence-electron chi connectivity index (χ0n) is 10.5. The van der Waals surface area contributed by atoms with Gasteiger partial charge in [0.25, 0.3) is 0 Å². The van der Waals surface area contributed by atoms with Crippen LogP contribution in [-0.2, 0) is 14.3 Å². The van der Waals surface area contributed by atoms with Gasteiger partial charge in [0.2, 0.25) is 5.91 Å². The second-order valence-electron chi connectivity index (χ2n) is 5.13. The van der Waals surface area contributed by atoms with E-state index in [0.29, 0.717) is 23.6 Å². The van der Waals surface area contributed by atoms with Crippen LogP contribution in [0.25, 0.3) is 0 Å². The molecule has 1 aromatic rings. The number of nitrogens with one attached hydrogen (secondary N) is 1. The Hall–Kier alpha value is -1.59. The number of carboxylic acids is 1. The molecule has 4 atom stereocenters. The van der Waals surface area contributed by atoms with Crippen LogP contribution in [0, 0.1) is 11.8 Å². The van der Waals surface area contributed by atoms with Crippen molar-refractivity contribution in [1.29, 1.82) is 0 Å². The number of fused-ring (bicyclic) bond motifs is 2. The first-order valence-electron chi connectivity index (χ1n) is 6.49. The highest BCUT2D eigenvalue weighted by molar-refractivity contribution is 6.33. The number of para-hydroxylation sites is 1. The van der Waals surface area contributed by atoms with Crippen LogP contribution in [0.2, 0.25) is 5.02 Å². The predicted molar refractivity (Wildman–Crippen MR) is 70.0 cm³/mol. The standard InChI is InChI=1S/C14H14ClNO4/c15-7-3-1-2-4-8(7)16-13(17)11-9-5-6-10(20-9)12(11)14(18)19/h1-4,9-12H,5-6H2,(H,16,17)(H,18,19)/p-1/t9-,10+,11+,12-/m0/s1. The molecule has 0 aromatic heterocycles. The molecule has 1 aromatic carbocycles. The molecule has 1 N–H and O–H groups in total. The summed E-state index contributed by atoms with van der Waals surface area (Å²) in [6, 6.07) is 6.82. The fourth-order valence-electron chi connectivity index (χ4n) is 3.09. The third-order valence-electron chi connectivity index (χ3n) is 3.98. The number of benzene rings is 1. The summed E-state index contributed by atoms with van der Waals surface area (Å²) in [4.78, 5) is 23.6. The fourth-order valence-corrected chi connectivity index (χ4v) is 3.27. The summed E-state index contributed by atoms with van der Waals surface area (Å²) in [5, 5.41) is 14.3. The molecule has 2 aliphatic heterocycles. The van der Waals surface area contributed by atoms with Gasteiger partial charge in [0.1, 0.15) is 0 Å². The van der Waals surface area contributed by atoms with Gasteiger partial charge in [-0.05, 0) is 25.0 Å². The van der Waals surface area contributed by atoms with Crippen LogP contribution in [0.4, 0.5) is 5.69 Å². The van der Waals surface area contributed by atoms with Gasteiger partial charge in [-0.2, -0.15) is 0 Å². The Morgan fingerprint density at radius 3 is 2.50 bits per heavy atom. The van der Waals surface area contributed by atoms with Crippen molar-refractivity contribution < 1.29 is 19.4 Å². The summed E-state index contributed by atoms with van der Waals surface area (Å²) < 4.78 is 5.53. The highest BCUT2D eigenvalue weighted by Crippen LogP contribution is 2.43. The van der Waals surface area contributed by atoms with E-state index in [0.717, 1.165) is 0 Å². The Labute approximate surface area is 120 Å². The Morgan fingerprint density at radius 1 is 1.20 bits per heavy atom. The van der Waals surface area contributed by atoms with Crippen molar-refractivity contribution in [2.75, 3.05) is 5.32 Å². The molecule has 0 aliphatic carbocycles. The average Bonchev–Trinajstić information content (AvgIpc) is 3.01. The van der Waals surface area contributed by atoms with E-state index in [9.17, 15) is 14.7 Å². The maximum Gasteiger partial charge on any atom is 0.230 e. The first-order valence-corrected chi connectivity index (χ1v) is 6.87. The summed E-state index contributed by atoms with van der Waals surface area (Å²) in [6.07, 6.45) is 0.617. The molecular weight excluding hydrogens is 282 g/mol. The van der Waals surface area contributed by atoms with Gasteiger partial charge in [-0.15, -0.1) is 0 Å². The average molecular weight is 295 g/mol. The van der Waals surface area contributed by atoms with E-state index in [2.05, 4.69) is 5.32 Å². The van der Waals surface area contributed by atoms with E-state index in [-0.39, 0.29) is 12.0 Å². The maximum atomic E-state index is 12.3. The van der Waals surface area contributed by atoms with Crippen LogP contribution >= 0.6 is 11.6 Å². The number of hydrogen-bond acceptors (Lipinski definition) is 4. The molecule has 5 nitrogen and oxygen atoms in total. The quantitative estimate of drug-likeness (QED) is 0.895. The monoisotopic (exact) mass is 294 g/mol. The summed E-state index contributed by atoms with van der Waals surface area (Å²) in [5.41, 5.74) is 0.471. The third kappa shape index (κ3) is 2.17. The van der Waals surface area contributed by atoms with E-state index in [4.69, 9.17) is 16.3 Å². The number of amides is 1. The second-order valence-corrected chi connectivity index (χ2v) is 5.54. The maximum absolute atomic E-state index is 12.3. The zero-order chi connectivity index (χ0) is 14.3. The predicted octanol–water partition coefficient (Wildman–Crippen LogP) is 0.822. The van der Waals surface area contributed by atoms with Crippen molar-refractivity contribution in [2.45, 2.75) is 25.0 Å². The SMILES string of the molecule is O=C([O-])[C@@H]1[C@H](C(=O)Nc2ccccc2Cl)[C@@H]2CC[C@H]1O2. The van der Waals surface area contributed by atoms with Gasteiger partial charge < -0.3 is 20.0 Å². The minimum atomic E-state index is -1.23. The van der Waals surface area contributed by atoms with Crippen LogP contribution in [0.1, 0.15) is 12.8 Å². The summed E-state index contributed by atoms with van der Waals surface area (Å²) >= 11 is 5.98. The zero-order valence-corrected chi connectivity index (χ0v) is 11.3. The fraction of sp³-hybridized carbons (Fsp3) is 0.429. The molecule has 2 bridgehead atoms. The molecular formula is C14H13ClNO4-. The number of carboxylic acid groups (broad SMARTS) is 1. The molecule has 6 heteroatoms. The summed E-state index contributed by atoms with van der Waals surface area (Å²) in [5.74, 6) is -3.19. The number of anilines is 1. The van der Waals surface area contributed by atoms with Gasteiger partial charge >= 0.3 is 0 Å². The highest BCUT2D eigenvalue weighted by atomic mass is 35.5. The van der Waals surface area contributed by atoms with Crippen LogP contribution in [0.5, 0.6) is 0 Å². The molecule has 106 valence electrons. The van der Waals surface area contributed by atoms with E-state index < -0.39 is 23.9 Å². The van der Waals surface area contributed by atoms with E-state index >= 15 is 0 Å². The van der Waals surface area contributed by atoms with Crippen LogP contribution in [0.15, 0.2) is 24.3 Å². The molecule has 3 rings (SSSR count). The number of carbonyl (C=O) groups excluding carboxylic acids is 2. The number of rotatable bonds is 3. The minimum Gasteiger partial charge on any atom is -0.550 e. The molecule has 0 saturated carbocycles. The lowest BCUT2D eigenvalue weighted by molar-refractivity contribution is -0.313. The topological polar surface area (TPSA) is 78.5 Å². The van der Waals surface area contributed by atoms with Crippen molar-refractivity contribution in [3.8, 4) is 0 Å². The first kappa shape index (κ1) is 13.4. The van der Waals surface area contributed by atoms with E-state index in [1.807, 2.05) is 0 Å². The van der Waals surface area contributed by atoms with Gasteiger partial charge in [0.15, 0.2) is 0 Å². The number of hydrogen-bond donors (Lipinski definition) is 1. The van der Waals surface area contributed by atoms with Crippen molar-refractivity contribution in [3.63, 3.8) is 0 Å². The van der Waals surface area contributed by atoms with Gasteiger partial charge in [0, 0.05) is 11.9 Å². The molecule has 0 radical (unpaired) electrons. The minimum absolute atomic E-state index is 0.342. The molecule has 2 fully saturated rings. The Bertz CT molecular complexity index is 562. The number of ether oxygens (including phenoxy) is 1. The van der Waals surface area contributed by atoms with Crippen LogP contribution in [-0.4, -0.2) is 24.1 Å². The molecule has 2 heterocycles. The largest absolute Gasteiger partial charge is 0.550 e. The molecule has 2 saturated heterocycles. The summed E-state index contributed by atoms with van der Waals surface area (Å²) in [6.45, 7) is 0. The molecule has 0 unspecified atom stereocenters. The van der Waals surface area contributed by atoms with Crippen molar-refractivity contribution in [2.24, 2.45) is 11.8 Å². The smallest absolute Gasteiger partial charge is 0.230 e. The molecule has 1 amide bonds. The van der Waals surface area contributed by atoms with Crippen molar-refractivity contribution >= 4 is 29.2 Å². The van der Waals surface area contributed by atoms with E-state index in [1.165, 1.54) is 0 Å². The van der Waals surface area contributed by atoms with E-state index in [1.54, 1.807) is 24.3 Å². The highest BCUT2D eigenvalue weighted by Gasteiger charge is 2.52. The van der Waals surface area contributed by atoms with Crippen molar-refractivity contribution in [3.05, 3.63) is 29.3 Å². The number of aliphatic carboxylic acids is 1. The number of halogens is 1. The normalized spacial score (nSPS) is 31.2. The molecule has 20 heavy (non-hydrogen) atoms. The third-order valence-corrected chi connectivity index (χ3v) is 4.31. The summed E-state index contributed by atoms with van der Waals surface area (Å²) in [7, 11) is 0. The number of carbonyl (C=O) groups is 2. The van der Waals surface area contributed by atoms with Gasteiger partial charge in [-0.3, -0.25) is 4.79 Å². The second kappa shape index (κ2) is 5.07. The van der Waals surface area contributed by atoms with Crippen molar-refractivity contribution in [1.82, 2.24) is 0 Å². The molecule has 0 spiro atoms. The first-order chi connectivity index (χ1) is 9.58. The van der Waals surface area contributed by atoms with Gasteiger partial charge in [-0.1, -0.05) is 23.7 Å². The Balaban J connectivity index is 1.80. The Kier molecular flexibility index (Phi) is 3.40. The van der Waals surface area contributed by atoms with Gasteiger partial charge in [0.05, 0.1) is 28.8 Å². The lowest BCUT2D eigenvalue weighted by atomic mass is 9.78.